The van der Waals surface area contributed by atoms with Gasteiger partial charge >= 0.3 is 0 Å². The zero-order chi connectivity index (χ0) is 21.6. The van der Waals surface area contributed by atoms with E-state index in [2.05, 4.69) is 28.4 Å². The zero-order valence-corrected chi connectivity index (χ0v) is 18.7. The molecular weight excluding hydrogens is 392 g/mol. The fourth-order valence-electron chi connectivity index (χ4n) is 1.41. The molecule has 0 saturated carbocycles. The minimum Gasteiger partial charge on any atom is -0.396 e. The summed E-state index contributed by atoms with van der Waals surface area (Å²) in [6, 6.07) is 0. The van der Waals surface area contributed by atoms with Gasteiger partial charge in [0.25, 0.3) is 20.2 Å². The van der Waals surface area contributed by atoms with Crippen LogP contribution in [0.15, 0.2) is 25.3 Å². The molecule has 0 amide bonds. The van der Waals surface area contributed by atoms with Crippen LogP contribution < -0.4 is 0 Å². The van der Waals surface area contributed by atoms with Crippen LogP contribution in [-0.2, 0) is 28.6 Å². The molecule has 0 bridgehead atoms. The molecule has 0 aromatic carbocycles. The third-order valence-electron chi connectivity index (χ3n) is 2.71. The molecule has 0 aliphatic rings. The Kier molecular flexibility index (Phi) is 24.7. The van der Waals surface area contributed by atoms with E-state index < -0.39 is 20.2 Å². The number of rotatable bonds is 14. The average Bonchev–Trinajstić information content (AvgIpc) is 2.56. The van der Waals surface area contributed by atoms with Crippen LogP contribution in [0.4, 0.5) is 0 Å². The smallest absolute Gasteiger partial charge is 0.264 e. The quantitative estimate of drug-likeness (QED) is 0.256. The molecule has 0 aliphatic carbocycles. The minimum absolute atomic E-state index is 0.255. The molecule has 0 aromatic rings. The van der Waals surface area contributed by atoms with Gasteiger partial charge in [0.1, 0.15) is 0 Å². The molecule has 164 valence electrons. The Hall–Kier alpha value is -0.740. The summed E-state index contributed by atoms with van der Waals surface area (Å²) in [6.45, 7) is 9.96. The summed E-state index contributed by atoms with van der Waals surface area (Å²) in [4.78, 5) is 0. The second-order valence-corrected chi connectivity index (χ2v) is 8.99. The Labute approximate surface area is 166 Å². The Morgan fingerprint density at radius 3 is 1.56 bits per heavy atom. The molecule has 0 heterocycles. The van der Waals surface area contributed by atoms with Crippen molar-refractivity contribution in [3.63, 3.8) is 0 Å². The molecule has 1 N–H and O–H groups in total. The van der Waals surface area contributed by atoms with Gasteiger partial charge in [0.05, 0.1) is 25.7 Å². The highest BCUT2D eigenvalue weighted by atomic mass is 32.2. The highest BCUT2D eigenvalue weighted by Crippen LogP contribution is 2.00. The molecule has 0 aliphatic heterocycles. The maximum atomic E-state index is 10.4. The van der Waals surface area contributed by atoms with Crippen molar-refractivity contribution < 1.29 is 30.3 Å². The fraction of sp³-hybridized carbons (Fsp3) is 0.778. The Balaban J connectivity index is -0.000000334. The normalized spacial score (nSPS) is 10.8. The molecule has 27 heavy (non-hydrogen) atoms. The molecular formula is C18H38O7S2. The van der Waals surface area contributed by atoms with E-state index >= 15 is 0 Å². The highest BCUT2D eigenvalue weighted by molar-refractivity contribution is 7.86. The summed E-state index contributed by atoms with van der Waals surface area (Å²) in [6.07, 6.45) is 13.1. The molecule has 0 saturated heterocycles. The van der Waals surface area contributed by atoms with Crippen LogP contribution in [0.2, 0.25) is 0 Å². The van der Waals surface area contributed by atoms with E-state index in [-0.39, 0.29) is 13.2 Å². The van der Waals surface area contributed by atoms with Gasteiger partial charge in [-0.2, -0.15) is 16.8 Å². The summed E-state index contributed by atoms with van der Waals surface area (Å²) >= 11 is 0. The summed E-state index contributed by atoms with van der Waals surface area (Å²) < 4.78 is 50.6. The van der Waals surface area contributed by atoms with E-state index in [1.807, 2.05) is 0 Å². The molecule has 0 rings (SSSR count). The van der Waals surface area contributed by atoms with Crippen LogP contribution in [0.3, 0.4) is 0 Å². The molecule has 9 heteroatoms. The van der Waals surface area contributed by atoms with Crippen LogP contribution in [0.1, 0.15) is 58.3 Å². The first-order valence-electron chi connectivity index (χ1n) is 9.05. The molecule has 0 fully saturated rings. The molecule has 0 aromatic heterocycles. The fourth-order valence-corrected chi connectivity index (χ4v) is 2.25. The highest BCUT2D eigenvalue weighted by Gasteiger charge is 1.99. The van der Waals surface area contributed by atoms with Crippen molar-refractivity contribution in [3.05, 3.63) is 25.3 Å². The van der Waals surface area contributed by atoms with Gasteiger partial charge in [0, 0.05) is 6.61 Å². The van der Waals surface area contributed by atoms with Gasteiger partial charge in [-0.25, -0.2) is 0 Å². The second-order valence-electron chi connectivity index (χ2n) is 5.70. The number of aliphatic hydroxyl groups is 1. The third-order valence-corrected chi connectivity index (χ3v) is 3.90. The number of hydrogen-bond donors (Lipinski definition) is 1. The molecule has 0 radical (unpaired) electrons. The molecule has 0 atom stereocenters. The number of allylic oxidation sites excluding steroid dienone is 2. The minimum atomic E-state index is -3.24. The zero-order valence-electron chi connectivity index (χ0n) is 17.1. The van der Waals surface area contributed by atoms with Gasteiger partial charge in [-0.3, -0.25) is 8.37 Å². The lowest BCUT2D eigenvalue weighted by Gasteiger charge is -1.99. The number of hydrogen-bond acceptors (Lipinski definition) is 7. The van der Waals surface area contributed by atoms with Crippen LogP contribution in [-0.4, -0.2) is 54.3 Å². The van der Waals surface area contributed by atoms with Crippen LogP contribution in [0.25, 0.3) is 0 Å². The molecule has 7 nitrogen and oxygen atoms in total. The maximum Gasteiger partial charge on any atom is 0.264 e. The molecule has 0 unspecified atom stereocenters. The van der Waals surface area contributed by atoms with Crippen LogP contribution >= 0.6 is 0 Å². The SMILES string of the molecule is C=CCCCO.C=CCCCOS(C)(=O)=O.CCCCCCOS(C)(=O)=O. The Bertz CT molecular complexity index is 526. The van der Waals surface area contributed by atoms with Crippen molar-refractivity contribution in [3.8, 4) is 0 Å². The Morgan fingerprint density at radius 2 is 1.22 bits per heavy atom. The van der Waals surface area contributed by atoms with E-state index in [1.54, 1.807) is 12.2 Å². The van der Waals surface area contributed by atoms with Crippen LogP contribution in [0.5, 0.6) is 0 Å². The van der Waals surface area contributed by atoms with E-state index in [9.17, 15) is 16.8 Å². The summed E-state index contributed by atoms with van der Waals surface area (Å²) in [5.74, 6) is 0. The predicted molar refractivity (Wildman–Crippen MR) is 112 cm³/mol. The topological polar surface area (TPSA) is 107 Å². The lowest BCUT2D eigenvalue weighted by molar-refractivity contribution is 0.289. The first kappa shape index (κ1) is 31.0. The first-order chi connectivity index (χ1) is 12.5. The average molecular weight is 431 g/mol. The maximum absolute atomic E-state index is 10.4. The number of aliphatic hydroxyl groups excluding tert-OH is 1. The predicted octanol–water partition coefficient (Wildman–Crippen LogP) is 3.42. The first-order valence-corrected chi connectivity index (χ1v) is 12.7. The van der Waals surface area contributed by atoms with E-state index in [0.717, 1.165) is 57.5 Å². The molecule has 0 spiro atoms. The largest absolute Gasteiger partial charge is 0.396 e. The van der Waals surface area contributed by atoms with Crippen LogP contribution in [0, 0.1) is 0 Å². The van der Waals surface area contributed by atoms with Gasteiger partial charge in [0.15, 0.2) is 0 Å². The van der Waals surface area contributed by atoms with Gasteiger partial charge in [-0.05, 0) is 32.1 Å². The summed E-state index contributed by atoms with van der Waals surface area (Å²) in [5.41, 5.74) is 0. The number of unbranched alkanes of at least 4 members (excludes halogenated alkanes) is 5. The van der Waals surface area contributed by atoms with Crippen molar-refractivity contribution in [2.45, 2.75) is 58.3 Å². The van der Waals surface area contributed by atoms with E-state index in [4.69, 9.17) is 5.11 Å². The van der Waals surface area contributed by atoms with Gasteiger partial charge in [-0.1, -0.05) is 38.3 Å². The summed E-state index contributed by atoms with van der Waals surface area (Å²) in [5, 5.41) is 8.15. The standard InChI is InChI=1S/C7H16O3S.C6H12O3S.C5H10O/c1-3-4-5-6-7-10-11(2,8)9;1-3-4-5-6-9-10(2,7)8;1-2-3-4-5-6/h3-7H2,1-2H3;3H,1,4-6H2,2H3;2,6H,1,3-5H2. The lowest BCUT2D eigenvalue weighted by Crippen LogP contribution is -2.03. The van der Waals surface area contributed by atoms with Crippen molar-refractivity contribution in [1.82, 2.24) is 0 Å². The van der Waals surface area contributed by atoms with Crippen molar-refractivity contribution >= 4 is 20.2 Å². The lowest BCUT2D eigenvalue weighted by atomic mass is 10.2. The third kappa shape index (κ3) is 45.9. The van der Waals surface area contributed by atoms with Gasteiger partial charge in [0.2, 0.25) is 0 Å². The van der Waals surface area contributed by atoms with Crippen molar-refractivity contribution in [2.24, 2.45) is 0 Å². The van der Waals surface area contributed by atoms with Gasteiger partial charge < -0.3 is 5.11 Å². The Morgan fingerprint density at radius 1 is 0.778 bits per heavy atom. The van der Waals surface area contributed by atoms with Crippen molar-refractivity contribution in [1.29, 1.82) is 0 Å². The van der Waals surface area contributed by atoms with Gasteiger partial charge in [-0.15, -0.1) is 13.2 Å². The monoisotopic (exact) mass is 430 g/mol. The van der Waals surface area contributed by atoms with Crippen molar-refractivity contribution in [2.75, 3.05) is 32.3 Å². The summed E-state index contributed by atoms with van der Waals surface area (Å²) in [7, 11) is -6.45. The van der Waals surface area contributed by atoms with E-state index in [1.165, 1.54) is 0 Å². The second kappa shape index (κ2) is 21.6. The van der Waals surface area contributed by atoms with E-state index in [0.29, 0.717) is 13.0 Å².